The van der Waals surface area contributed by atoms with Crippen LogP contribution in [0.25, 0.3) is 21.5 Å². The Morgan fingerprint density at radius 3 is 2.00 bits per heavy atom. The van der Waals surface area contributed by atoms with Crippen molar-refractivity contribution in [3.05, 3.63) is 132 Å². The van der Waals surface area contributed by atoms with Gasteiger partial charge in [-0.15, -0.1) is 0 Å². The van der Waals surface area contributed by atoms with E-state index in [1.807, 2.05) is 43.4 Å². The molecule has 4 rings (SSSR count). The summed E-state index contributed by atoms with van der Waals surface area (Å²) in [4.78, 5) is 4.79. The third-order valence-electron chi connectivity index (χ3n) is 6.12. The van der Waals surface area contributed by atoms with E-state index in [1.165, 1.54) is 32.7 Å². The minimum Gasteiger partial charge on any atom is -0.359 e. The van der Waals surface area contributed by atoms with Gasteiger partial charge in [-0.3, -0.25) is 4.99 Å². The van der Waals surface area contributed by atoms with Crippen molar-refractivity contribution in [1.82, 2.24) is 0 Å². The van der Waals surface area contributed by atoms with Crippen LogP contribution in [0.5, 0.6) is 0 Å². The quantitative estimate of drug-likeness (QED) is 0.217. The molecule has 0 saturated carbocycles. The molecule has 0 aliphatic rings. The zero-order valence-electron chi connectivity index (χ0n) is 20.9. The summed E-state index contributed by atoms with van der Waals surface area (Å²) in [6.07, 6.45) is 14.3. The molecule has 174 valence electrons. The van der Waals surface area contributed by atoms with Crippen molar-refractivity contribution in [2.24, 2.45) is 4.99 Å². The fourth-order valence-electron chi connectivity index (χ4n) is 4.17. The summed E-state index contributed by atoms with van der Waals surface area (Å²) >= 11 is 0. The molecule has 0 aromatic heterocycles. The highest BCUT2D eigenvalue weighted by atomic mass is 14.9. The van der Waals surface area contributed by atoms with Crippen LogP contribution in [0, 0.1) is 13.8 Å². The van der Waals surface area contributed by atoms with Crippen LogP contribution in [-0.2, 0) is 0 Å². The molecule has 35 heavy (non-hydrogen) atoms. The van der Waals surface area contributed by atoms with Gasteiger partial charge in [0.25, 0.3) is 0 Å². The first-order valence-corrected chi connectivity index (χ1v) is 12.0. The molecule has 0 aliphatic carbocycles. The number of benzene rings is 4. The zero-order valence-corrected chi connectivity index (χ0v) is 20.9. The first kappa shape index (κ1) is 24.0. The maximum absolute atomic E-state index is 4.79. The first-order chi connectivity index (χ1) is 17.0. The molecule has 0 aliphatic heterocycles. The highest BCUT2D eigenvalue weighted by Crippen LogP contribution is 2.28. The SMILES string of the molecule is C\C(=C/C=C/C=C/C=C/C(C)=N/c1ccc2ccccc2c1C)Nc1ccc2ccccc2c1C. The molecule has 0 saturated heterocycles. The molecule has 4 aromatic rings. The minimum atomic E-state index is 0.975. The number of aliphatic imine (C=N–C) groups is 1. The Hall–Kier alpha value is -4.17. The Morgan fingerprint density at radius 1 is 0.657 bits per heavy atom. The second-order valence-corrected chi connectivity index (χ2v) is 8.75. The molecule has 0 heterocycles. The van der Waals surface area contributed by atoms with Gasteiger partial charge in [0.15, 0.2) is 0 Å². The predicted molar refractivity (Wildman–Crippen MR) is 155 cm³/mol. The van der Waals surface area contributed by atoms with Gasteiger partial charge in [-0.05, 0) is 84.7 Å². The molecule has 0 bridgehead atoms. The monoisotopic (exact) mass is 456 g/mol. The zero-order chi connectivity index (χ0) is 24.6. The average Bonchev–Trinajstić information content (AvgIpc) is 2.87. The third-order valence-corrected chi connectivity index (χ3v) is 6.12. The van der Waals surface area contributed by atoms with E-state index in [0.717, 1.165) is 22.8 Å². The predicted octanol–water partition coefficient (Wildman–Crippen LogP) is 9.39. The van der Waals surface area contributed by atoms with Crippen LogP contribution in [0.4, 0.5) is 11.4 Å². The van der Waals surface area contributed by atoms with Crippen molar-refractivity contribution in [2.45, 2.75) is 27.7 Å². The number of hydrogen-bond donors (Lipinski definition) is 1. The molecule has 0 radical (unpaired) electrons. The van der Waals surface area contributed by atoms with Gasteiger partial charge in [0.1, 0.15) is 0 Å². The molecule has 0 spiro atoms. The highest BCUT2D eigenvalue weighted by Gasteiger charge is 2.03. The maximum atomic E-state index is 4.79. The second kappa shape index (κ2) is 11.3. The normalized spacial score (nSPS) is 13.1. The van der Waals surface area contributed by atoms with E-state index >= 15 is 0 Å². The number of aryl methyl sites for hydroxylation is 2. The summed E-state index contributed by atoms with van der Waals surface area (Å²) < 4.78 is 0. The fourth-order valence-corrected chi connectivity index (χ4v) is 4.17. The van der Waals surface area contributed by atoms with Crippen LogP contribution in [-0.4, -0.2) is 5.71 Å². The lowest BCUT2D eigenvalue weighted by atomic mass is 10.0. The maximum Gasteiger partial charge on any atom is 0.0668 e. The van der Waals surface area contributed by atoms with Gasteiger partial charge in [0, 0.05) is 17.1 Å². The summed E-state index contributed by atoms with van der Waals surface area (Å²) in [5.74, 6) is 0. The summed E-state index contributed by atoms with van der Waals surface area (Å²) in [7, 11) is 0. The number of anilines is 1. The number of nitrogens with one attached hydrogen (secondary N) is 1. The van der Waals surface area contributed by atoms with Gasteiger partial charge in [-0.25, -0.2) is 0 Å². The van der Waals surface area contributed by atoms with Crippen LogP contribution in [0.15, 0.2) is 126 Å². The molecule has 0 atom stereocenters. The molecule has 2 nitrogen and oxygen atoms in total. The third kappa shape index (κ3) is 6.04. The first-order valence-electron chi connectivity index (χ1n) is 12.0. The van der Waals surface area contributed by atoms with E-state index in [1.54, 1.807) is 0 Å². The molecule has 1 N–H and O–H groups in total. The van der Waals surface area contributed by atoms with Crippen molar-refractivity contribution < 1.29 is 0 Å². The van der Waals surface area contributed by atoms with Crippen molar-refractivity contribution in [2.75, 3.05) is 5.32 Å². The van der Waals surface area contributed by atoms with E-state index in [9.17, 15) is 0 Å². The van der Waals surface area contributed by atoms with Crippen molar-refractivity contribution in [3.8, 4) is 0 Å². The Morgan fingerprint density at radius 2 is 1.26 bits per heavy atom. The minimum absolute atomic E-state index is 0.975. The van der Waals surface area contributed by atoms with Gasteiger partial charge in [0.05, 0.1) is 5.69 Å². The summed E-state index contributed by atoms with van der Waals surface area (Å²) in [5.41, 5.74) is 6.70. The van der Waals surface area contributed by atoms with E-state index in [-0.39, 0.29) is 0 Å². The standard InChI is InChI=1S/C33H32N2/c1-24(34-32-22-20-28-16-10-12-18-30(28)26(32)3)14-8-6-5-7-9-15-25(2)35-33-23-21-29-17-11-13-19-31(29)27(33)4/h5-23,34H,1-4H3/b7-5+,8-6+,15-9+,24-14+,35-25+. The lowest BCUT2D eigenvalue weighted by Crippen LogP contribution is -1.97. The molecule has 0 amide bonds. The van der Waals surface area contributed by atoms with Crippen molar-refractivity contribution >= 4 is 38.6 Å². The molecule has 4 aromatic carbocycles. The summed E-state index contributed by atoms with van der Waals surface area (Å²) in [6, 6.07) is 25.4. The Labute approximate surface area is 208 Å². The van der Waals surface area contributed by atoms with E-state index in [0.29, 0.717) is 0 Å². The van der Waals surface area contributed by atoms with Crippen LogP contribution in [0.3, 0.4) is 0 Å². The largest absolute Gasteiger partial charge is 0.359 e. The van der Waals surface area contributed by atoms with Gasteiger partial charge in [0.2, 0.25) is 0 Å². The van der Waals surface area contributed by atoms with Crippen LogP contribution >= 0.6 is 0 Å². The Bertz CT molecular complexity index is 1500. The molecular weight excluding hydrogens is 424 g/mol. The van der Waals surface area contributed by atoms with Crippen LogP contribution in [0.1, 0.15) is 25.0 Å². The van der Waals surface area contributed by atoms with E-state index in [2.05, 4.69) is 105 Å². The number of allylic oxidation sites excluding steroid dienone is 8. The van der Waals surface area contributed by atoms with Crippen molar-refractivity contribution in [1.29, 1.82) is 0 Å². The Kier molecular flexibility index (Phi) is 7.74. The van der Waals surface area contributed by atoms with Gasteiger partial charge >= 0.3 is 0 Å². The lowest BCUT2D eigenvalue weighted by Gasteiger charge is -2.12. The fraction of sp³-hybridized carbons (Fsp3) is 0.121. The van der Waals surface area contributed by atoms with Gasteiger partial charge in [-0.1, -0.05) is 91.0 Å². The number of nitrogens with zero attached hydrogens (tertiary/aromatic N) is 1. The summed E-state index contributed by atoms with van der Waals surface area (Å²) in [6.45, 7) is 8.41. The highest BCUT2D eigenvalue weighted by molar-refractivity contribution is 5.97. The molecule has 0 unspecified atom stereocenters. The topological polar surface area (TPSA) is 24.4 Å². The van der Waals surface area contributed by atoms with Crippen LogP contribution < -0.4 is 5.32 Å². The molecule has 2 heteroatoms. The second-order valence-electron chi connectivity index (χ2n) is 8.75. The van der Waals surface area contributed by atoms with Gasteiger partial charge in [-0.2, -0.15) is 0 Å². The number of fused-ring (bicyclic) bond motifs is 2. The molecular formula is C33H32N2. The van der Waals surface area contributed by atoms with Crippen LogP contribution in [0.2, 0.25) is 0 Å². The number of rotatable bonds is 7. The summed E-state index contributed by atoms with van der Waals surface area (Å²) in [5, 5.41) is 8.57. The van der Waals surface area contributed by atoms with E-state index in [4.69, 9.17) is 4.99 Å². The van der Waals surface area contributed by atoms with E-state index < -0.39 is 0 Å². The van der Waals surface area contributed by atoms with Gasteiger partial charge < -0.3 is 5.32 Å². The Balaban J connectivity index is 1.34. The average molecular weight is 457 g/mol. The lowest BCUT2D eigenvalue weighted by molar-refractivity contribution is 1.35. The number of hydrogen-bond acceptors (Lipinski definition) is 2. The smallest absolute Gasteiger partial charge is 0.0668 e. The van der Waals surface area contributed by atoms with Crippen molar-refractivity contribution in [3.63, 3.8) is 0 Å². The molecule has 0 fully saturated rings.